The fourth-order valence-corrected chi connectivity index (χ4v) is 3.53. The number of carbonyl (C=O) groups excluding carboxylic acids is 1. The molecular weight excluding hydrogens is 298 g/mol. The van der Waals surface area contributed by atoms with Crippen LogP contribution < -0.4 is 0 Å². The lowest BCUT2D eigenvalue weighted by molar-refractivity contribution is 0.104. The van der Waals surface area contributed by atoms with Crippen molar-refractivity contribution >= 4 is 16.8 Å². The second kappa shape index (κ2) is 4.55. The molecule has 0 N–H and O–H groups in total. The minimum absolute atomic E-state index is 0.0000940. The number of pyridine rings is 1. The van der Waals surface area contributed by atoms with E-state index in [9.17, 15) is 10.1 Å². The van der Waals surface area contributed by atoms with Crippen LogP contribution in [-0.4, -0.2) is 15.3 Å². The quantitative estimate of drug-likeness (QED) is 0.489. The van der Waals surface area contributed by atoms with Gasteiger partial charge in [0.25, 0.3) is 0 Å². The van der Waals surface area contributed by atoms with Crippen molar-refractivity contribution in [3.05, 3.63) is 52.7 Å². The van der Waals surface area contributed by atoms with Crippen LogP contribution in [0.4, 0.5) is 0 Å². The Morgan fingerprint density at radius 2 is 1.83 bits per heavy atom. The Kier molecular flexibility index (Phi) is 2.77. The van der Waals surface area contributed by atoms with E-state index < -0.39 is 0 Å². The first-order chi connectivity index (χ1) is 11.3. The molecule has 0 unspecified atom stereocenters. The Morgan fingerprint density at radius 1 is 1.17 bits per heavy atom. The first kappa shape index (κ1) is 14.6. The summed E-state index contributed by atoms with van der Waals surface area (Å²) in [7, 11) is 0. The van der Waals surface area contributed by atoms with Gasteiger partial charge in [-0.15, -0.1) is 0 Å². The molecule has 4 nitrogen and oxygen atoms in total. The van der Waals surface area contributed by atoms with E-state index in [-0.39, 0.29) is 11.3 Å². The Balaban J connectivity index is 2.19. The van der Waals surface area contributed by atoms with Gasteiger partial charge in [0.1, 0.15) is 11.7 Å². The molecule has 3 aromatic rings. The largest absolute Gasteiger partial charge is 0.326 e. The highest BCUT2D eigenvalue weighted by Gasteiger charge is 2.33. The zero-order chi connectivity index (χ0) is 17.2. The third-order valence-corrected chi connectivity index (χ3v) is 4.68. The highest BCUT2D eigenvalue weighted by Crippen LogP contribution is 2.41. The maximum absolute atomic E-state index is 12.8. The number of fused-ring (bicyclic) bond motifs is 4. The Morgan fingerprint density at radius 3 is 2.46 bits per heavy atom. The van der Waals surface area contributed by atoms with Crippen molar-refractivity contribution < 1.29 is 4.79 Å². The van der Waals surface area contributed by atoms with Crippen LogP contribution in [0.15, 0.2) is 30.5 Å². The molecule has 0 bridgehead atoms. The molecule has 0 saturated carbocycles. The summed E-state index contributed by atoms with van der Waals surface area (Å²) in [6.07, 6.45) is 1.84. The molecule has 0 fully saturated rings. The number of nitrogens with zero attached hydrogens (tertiary/aromatic N) is 3. The van der Waals surface area contributed by atoms with Gasteiger partial charge in [-0.1, -0.05) is 24.3 Å². The zero-order valence-electron chi connectivity index (χ0n) is 14.1. The molecule has 1 aliphatic carbocycles. The third-order valence-electron chi connectivity index (χ3n) is 4.68. The van der Waals surface area contributed by atoms with Crippen molar-refractivity contribution in [2.45, 2.75) is 33.2 Å². The Bertz CT molecular complexity index is 1070. The molecule has 0 spiro atoms. The lowest BCUT2D eigenvalue weighted by Gasteiger charge is -2.22. The standard InChI is InChI=1S/C20H17N3O/c1-11-15-12(9-21)10-23(20(2,3)4)19(15)22-17-13-7-5-6-8-14(13)18(24)16(11)17/h5-8,10H,1-4H3. The molecular formula is C20H17N3O. The van der Waals surface area contributed by atoms with E-state index in [2.05, 4.69) is 26.8 Å². The van der Waals surface area contributed by atoms with Crippen LogP contribution in [0.1, 0.15) is 47.8 Å². The molecule has 1 aromatic carbocycles. The number of ketones is 1. The number of aromatic nitrogens is 2. The summed E-state index contributed by atoms with van der Waals surface area (Å²) < 4.78 is 2.03. The summed E-state index contributed by atoms with van der Waals surface area (Å²) in [6, 6.07) is 9.83. The first-order valence-corrected chi connectivity index (χ1v) is 7.95. The lowest BCUT2D eigenvalue weighted by Crippen LogP contribution is -2.21. The maximum atomic E-state index is 12.8. The van der Waals surface area contributed by atoms with Crippen LogP contribution in [0, 0.1) is 18.3 Å². The fourth-order valence-electron chi connectivity index (χ4n) is 3.53. The van der Waals surface area contributed by atoms with Crippen molar-refractivity contribution in [1.82, 2.24) is 9.55 Å². The van der Waals surface area contributed by atoms with E-state index in [0.29, 0.717) is 16.7 Å². The minimum atomic E-state index is -0.205. The van der Waals surface area contributed by atoms with E-state index >= 15 is 0 Å². The molecule has 4 rings (SSSR count). The summed E-state index contributed by atoms with van der Waals surface area (Å²) in [5.41, 5.74) is 4.90. The van der Waals surface area contributed by atoms with Crippen molar-refractivity contribution in [2.75, 3.05) is 0 Å². The first-order valence-electron chi connectivity index (χ1n) is 7.95. The molecule has 0 atom stereocenters. The molecule has 24 heavy (non-hydrogen) atoms. The number of aryl methyl sites for hydroxylation is 1. The van der Waals surface area contributed by atoms with Gasteiger partial charge in [0.15, 0.2) is 5.78 Å². The number of rotatable bonds is 0. The molecule has 118 valence electrons. The minimum Gasteiger partial charge on any atom is -0.326 e. The van der Waals surface area contributed by atoms with Gasteiger partial charge in [0, 0.05) is 28.2 Å². The summed E-state index contributed by atoms with van der Waals surface area (Å²) in [5, 5.41) is 10.3. The Labute approximate surface area is 140 Å². The van der Waals surface area contributed by atoms with Gasteiger partial charge >= 0.3 is 0 Å². The molecule has 2 aromatic heterocycles. The van der Waals surface area contributed by atoms with Crippen molar-refractivity contribution in [2.24, 2.45) is 0 Å². The summed E-state index contributed by atoms with van der Waals surface area (Å²) in [4.78, 5) is 17.7. The topological polar surface area (TPSA) is 58.7 Å². The SMILES string of the molecule is Cc1c2c(nc3c1c(C#N)cn3C(C)(C)C)-c1ccccc1C2=O. The van der Waals surface area contributed by atoms with Crippen LogP contribution in [0.25, 0.3) is 22.3 Å². The molecule has 0 aliphatic heterocycles. The van der Waals surface area contributed by atoms with E-state index in [1.807, 2.05) is 42.0 Å². The second-order valence-corrected chi connectivity index (χ2v) is 7.23. The molecule has 0 amide bonds. The van der Waals surface area contributed by atoms with Crippen LogP contribution >= 0.6 is 0 Å². The highest BCUT2D eigenvalue weighted by molar-refractivity contribution is 6.23. The number of carbonyl (C=O) groups is 1. The Hall–Kier alpha value is -2.93. The summed E-state index contributed by atoms with van der Waals surface area (Å²) in [6.45, 7) is 8.16. The van der Waals surface area contributed by atoms with E-state index in [4.69, 9.17) is 4.98 Å². The third kappa shape index (κ3) is 1.73. The van der Waals surface area contributed by atoms with Crippen LogP contribution in [0.3, 0.4) is 0 Å². The molecule has 0 saturated heterocycles. The zero-order valence-corrected chi connectivity index (χ0v) is 14.1. The van der Waals surface area contributed by atoms with Gasteiger partial charge in [-0.2, -0.15) is 5.26 Å². The molecule has 0 radical (unpaired) electrons. The van der Waals surface area contributed by atoms with E-state index in [1.54, 1.807) is 0 Å². The maximum Gasteiger partial charge on any atom is 0.196 e. The van der Waals surface area contributed by atoms with Crippen LogP contribution in [0.2, 0.25) is 0 Å². The normalized spacial score (nSPS) is 13.0. The number of benzene rings is 1. The summed E-state index contributed by atoms with van der Waals surface area (Å²) in [5.74, 6) is -0.0000940. The van der Waals surface area contributed by atoms with Crippen molar-refractivity contribution in [3.63, 3.8) is 0 Å². The monoisotopic (exact) mass is 315 g/mol. The smallest absolute Gasteiger partial charge is 0.196 e. The van der Waals surface area contributed by atoms with E-state index in [0.717, 1.165) is 27.9 Å². The van der Waals surface area contributed by atoms with Gasteiger partial charge in [0.05, 0.1) is 16.8 Å². The lowest BCUT2D eigenvalue weighted by atomic mass is 10.0. The molecule has 1 aliphatic rings. The van der Waals surface area contributed by atoms with Gasteiger partial charge in [-0.05, 0) is 33.3 Å². The van der Waals surface area contributed by atoms with Gasteiger partial charge in [0.2, 0.25) is 0 Å². The highest BCUT2D eigenvalue weighted by atomic mass is 16.1. The van der Waals surface area contributed by atoms with Crippen LogP contribution in [0.5, 0.6) is 0 Å². The molecule has 2 heterocycles. The average Bonchev–Trinajstić information content (AvgIpc) is 3.05. The van der Waals surface area contributed by atoms with E-state index in [1.165, 1.54) is 0 Å². The number of hydrogen-bond donors (Lipinski definition) is 0. The predicted octanol–water partition coefficient (Wildman–Crippen LogP) is 4.18. The van der Waals surface area contributed by atoms with Gasteiger partial charge in [-0.3, -0.25) is 4.79 Å². The van der Waals surface area contributed by atoms with Gasteiger partial charge in [-0.25, -0.2) is 4.98 Å². The summed E-state index contributed by atoms with van der Waals surface area (Å²) >= 11 is 0. The van der Waals surface area contributed by atoms with Crippen molar-refractivity contribution in [1.29, 1.82) is 5.26 Å². The number of hydrogen-bond acceptors (Lipinski definition) is 3. The predicted molar refractivity (Wildman–Crippen MR) is 93.0 cm³/mol. The van der Waals surface area contributed by atoms with Gasteiger partial charge < -0.3 is 4.57 Å². The molecule has 4 heteroatoms. The number of nitriles is 1. The van der Waals surface area contributed by atoms with Crippen molar-refractivity contribution in [3.8, 4) is 17.3 Å². The average molecular weight is 315 g/mol. The second-order valence-electron chi connectivity index (χ2n) is 7.23. The fraction of sp³-hybridized carbons (Fsp3) is 0.250. The van der Waals surface area contributed by atoms with Crippen LogP contribution in [-0.2, 0) is 5.54 Å².